The second kappa shape index (κ2) is 4.74. The van der Waals surface area contributed by atoms with Gasteiger partial charge in [0.1, 0.15) is 6.61 Å². The molecular weight excluding hydrogens is 176 g/mol. The number of aromatic nitrogens is 2. The van der Waals surface area contributed by atoms with E-state index in [0.29, 0.717) is 18.4 Å². The molecule has 3 heteroatoms. The molecule has 3 nitrogen and oxygen atoms in total. The Labute approximate surface area is 84.8 Å². The Morgan fingerprint density at radius 2 is 2.21 bits per heavy atom. The predicted octanol–water partition coefficient (Wildman–Crippen LogP) is 2.47. The van der Waals surface area contributed by atoms with Crippen molar-refractivity contribution in [1.29, 1.82) is 0 Å². The van der Waals surface area contributed by atoms with E-state index in [1.165, 1.54) is 0 Å². The summed E-state index contributed by atoms with van der Waals surface area (Å²) in [6, 6.07) is 2.01. The van der Waals surface area contributed by atoms with Crippen molar-refractivity contribution in [3.63, 3.8) is 0 Å². The van der Waals surface area contributed by atoms with Crippen molar-refractivity contribution in [2.24, 2.45) is 0 Å². The molecule has 76 valence electrons. The molecule has 1 aromatic heterocycles. The summed E-state index contributed by atoms with van der Waals surface area (Å²) >= 11 is 0. The molecule has 0 bridgehead atoms. The first-order valence-corrected chi connectivity index (χ1v) is 4.73. The number of ether oxygens (including phenoxy) is 1. The summed E-state index contributed by atoms with van der Waals surface area (Å²) in [6.45, 7) is 10.2. The molecule has 0 N–H and O–H groups in total. The first-order chi connectivity index (χ1) is 6.65. The molecule has 1 aromatic rings. The van der Waals surface area contributed by atoms with Gasteiger partial charge >= 0.3 is 0 Å². The van der Waals surface area contributed by atoms with Gasteiger partial charge in [-0.1, -0.05) is 26.5 Å². The van der Waals surface area contributed by atoms with Gasteiger partial charge in [0, 0.05) is 5.56 Å². The Morgan fingerprint density at radius 3 is 2.79 bits per heavy atom. The van der Waals surface area contributed by atoms with Crippen LogP contribution in [-0.2, 0) is 0 Å². The molecule has 0 amide bonds. The van der Waals surface area contributed by atoms with Crippen LogP contribution in [0.1, 0.15) is 31.0 Å². The van der Waals surface area contributed by atoms with Crippen molar-refractivity contribution in [2.45, 2.75) is 26.7 Å². The first-order valence-electron chi connectivity index (χ1n) is 4.73. The van der Waals surface area contributed by atoms with Gasteiger partial charge in [-0.3, -0.25) is 0 Å². The topological polar surface area (TPSA) is 35.0 Å². The summed E-state index contributed by atoms with van der Waals surface area (Å²) in [6.07, 6.45) is 1.70. The molecule has 0 radical (unpaired) electrons. The summed E-state index contributed by atoms with van der Waals surface area (Å²) in [4.78, 5) is 0. The van der Waals surface area contributed by atoms with E-state index in [1.54, 1.807) is 6.08 Å². The molecule has 0 saturated carbocycles. The highest BCUT2D eigenvalue weighted by molar-refractivity contribution is 5.29. The molecular formula is C11H16N2O. The van der Waals surface area contributed by atoms with Crippen LogP contribution in [0.3, 0.4) is 0 Å². The highest BCUT2D eigenvalue weighted by Crippen LogP contribution is 2.23. The van der Waals surface area contributed by atoms with Crippen molar-refractivity contribution >= 4 is 0 Å². The lowest BCUT2D eigenvalue weighted by molar-refractivity contribution is 0.337. The fraction of sp³-hybridized carbons (Fsp3) is 0.455. The smallest absolute Gasteiger partial charge is 0.237 e. The van der Waals surface area contributed by atoms with Gasteiger partial charge in [-0.25, -0.2) is 0 Å². The minimum Gasteiger partial charge on any atom is -0.472 e. The van der Waals surface area contributed by atoms with Crippen molar-refractivity contribution < 1.29 is 4.74 Å². The van der Waals surface area contributed by atoms with Gasteiger partial charge in [-0.2, -0.15) is 5.10 Å². The lowest BCUT2D eigenvalue weighted by atomic mass is 10.1. The molecule has 0 saturated heterocycles. The largest absolute Gasteiger partial charge is 0.472 e. The second-order valence-electron chi connectivity index (χ2n) is 3.50. The number of hydrogen-bond acceptors (Lipinski definition) is 3. The van der Waals surface area contributed by atoms with Crippen LogP contribution in [0.15, 0.2) is 18.7 Å². The van der Waals surface area contributed by atoms with Crippen molar-refractivity contribution in [3.8, 4) is 5.88 Å². The summed E-state index contributed by atoms with van der Waals surface area (Å²) in [5.41, 5.74) is 2.01. The molecule has 0 fully saturated rings. The van der Waals surface area contributed by atoms with Gasteiger partial charge in [0.25, 0.3) is 0 Å². The monoisotopic (exact) mass is 192 g/mol. The number of hydrogen-bond donors (Lipinski definition) is 0. The quantitative estimate of drug-likeness (QED) is 0.687. The van der Waals surface area contributed by atoms with Crippen LogP contribution >= 0.6 is 0 Å². The molecule has 0 aliphatic rings. The van der Waals surface area contributed by atoms with E-state index in [1.807, 2.05) is 13.0 Å². The minimum absolute atomic E-state index is 0.393. The van der Waals surface area contributed by atoms with Crippen LogP contribution in [0.5, 0.6) is 5.88 Å². The van der Waals surface area contributed by atoms with E-state index in [4.69, 9.17) is 4.74 Å². The summed E-state index contributed by atoms with van der Waals surface area (Å²) in [5.74, 6) is 1.01. The maximum Gasteiger partial charge on any atom is 0.237 e. The normalized spacial score (nSPS) is 10.3. The molecule has 0 aliphatic carbocycles. The summed E-state index contributed by atoms with van der Waals surface area (Å²) < 4.78 is 5.41. The lowest BCUT2D eigenvalue weighted by Crippen LogP contribution is -2.03. The maximum atomic E-state index is 5.41. The predicted molar refractivity (Wildman–Crippen MR) is 56.6 cm³/mol. The molecule has 0 aliphatic heterocycles. The van der Waals surface area contributed by atoms with Crippen LogP contribution in [0.2, 0.25) is 0 Å². The average molecular weight is 192 g/mol. The van der Waals surface area contributed by atoms with Crippen LogP contribution in [0.4, 0.5) is 0 Å². The first kappa shape index (κ1) is 10.7. The Balaban J connectivity index is 2.95. The molecule has 0 atom stereocenters. The third-order valence-electron chi connectivity index (χ3n) is 1.87. The zero-order valence-corrected chi connectivity index (χ0v) is 8.95. The Hall–Kier alpha value is -1.38. The van der Waals surface area contributed by atoms with Crippen LogP contribution < -0.4 is 4.74 Å². The number of aryl methyl sites for hydroxylation is 1. The summed E-state index contributed by atoms with van der Waals surface area (Å²) in [7, 11) is 0. The Bertz CT molecular complexity index is 321. The standard InChI is InChI=1S/C11H16N2O/c1-5-6-14-11-10(8(2)3)7-9(4)12-13-11/h5,7-8H,1,6H2,2-4H3. The molecule has 0 spiro atoms. The highest BCUT2D eigenvalue weighted by Gasteiger charge is 2.09. The SMILES string of the molecule is C=CCOc1nnc(C)cc1C(C)C. The van der Waals surface area contributed by atoms with Crippen LogP contribution in [0, 0.1) is 6.92 Å². The van der Waals surface area contributed by atoms with Gasteiger partial charge in [-0.05, 0) is 18.9 Å². The number of rotatable bonds is 4. The van der Waals surface area contributed by atoms with Gasteiger partial charge in [-0.15, -0.1) is 5.10 Å². The maximum absolute atomic E-state index is 5.41. The van der Waals surface area contributed by atoms with Gasteiger partial charge < -0.3 is 4.74 Å². The fourth-order valence-corrected chi connectivity index (χ4v) is 1.16. The van der Waals surface area contributed by atoms with Crippen LogP contribution in [0.25, 0.3) is 0 Å². The van der Waals surface area contributed by atoms with E-state index in [9.17, 15) is 0 Å². The van der Waals surface area contributed by atoms with E-state index in [2.05, 4.69) is 30.6 Å². The third kappa shape index (κ3) is 2.55. The van der Waals surface area contributed by atoms with Crippen molar-refractivity contribution in [2.75, 3.05) is 6.61 Å². The molecule has 1 heterocycles. The second-order valence-corrected chi connectivity index (χ2v) is 3.50. The van der Waals surface area contributed by atoms with E-state index >= 15 is 0 Å². The van der Waals surface area contributed by atoms with Gasteiger partial charge in [0.15, 0.2) is 0 Å². The zero-order chi connectivity index (χ0) is 10.6. The third-order valence-corrected chi connectivity index (χ3v) is 1.87. The summed E-state index contributed by atoms with van der Waals surface area (Å²) in [5, 5.41) is 7.98. The highest BCUT2D eigenvalue weighted by atomic mass is 16.5. The van der Waals surface area contributed by atoms with Gasteiger partial charge in [0.05, 0.1) is 5.69 Å². The van der Waals surface area contributed by atoms with Crippen LogP contribution in [-0.4, -0.2) is 16.8 Å². The molecule has 0 unspecified atom stereocenters. The van der Waals surface area contributed by atoms with Crippen molar-refractivity contribution in [1.82, 2.24) is 10.2 Å². The van der Waals surface area contributed by atoms with Crippen molar-refractivity contribution in [3.05, 3.63) is 30.0 Å². The average Bonchev–Trinajstić information content (AvgIpc) is 2.15. The molecule has 14 heavy (non-hydrogen) atoms. The molecule has 0 aromatic carbocycles. The van der Waals surface area contributed by atoms with E-state index < -0.39 is 0 Å². The van der Waals surface area contributed by atoms with E-state index in [-0.39, 0.29) is 0 Å². The minimum atomic E-state index is 0.393. The van der Waals surface area contributed by atoms with Gasteiger partial charge in [0.2, 0.25) is 5.88 Å². The lowest BCUT2D eigenvalue weighted by Gasteiger charge is -2.11. The zero-order valence-electron chi connectivity index (χ0n) is 8.95. The number of nitrogens with zero attached hydrogens (tertiary/aromatic N) is 2. The Morgan fingerprint density at radius 1 is 1.50 bits per heavy atom. The van der Waals surface area contributed by atoms with E-state index in [0.717, 1.165) is 11.3 Å². The molecule has 1 rings (SSSR count). The Kier molecular flexibility index (Phi) is 3.63. The fourth-order valence-electron chi connectivity index (χ4n) is 1.16.